The van der Waals surface area contributed by atoms with Gasteiger partial charge in [-0.1, -0.05) is 65.8 Å². The van der Waals surface area contributed by atoms with E-state index in [1.165, 1.54) is 11.1 Å². The Bertz CT molecular complexity index is 362. The molecule has 0 atom stereocenters. The summed E-state index contributed by atoms with van der Waals surface area (Å²) in [4.78, 5) is 0. The maximum absolute atomic E-state index is 3.53. The molecule has 1 rings (SSSR count). The molecule has 0 saturated heterocycles. The molecule has 108 valence electrons. The van der Waals surface area contributed by atoms with E-state index < -0.39 is 0 Å². The first-order valence-corrected chi connectivity index (χ1v) is 7.44. The minimum atomic E-state index is 0.371. The third-order valence-electron chi connectivity index (χ3n) is 3.00. The molecule has 0 saturated carbocycles. The summed E-state index contributed by atoms with van der Waals surface area (Å²) in [6.07, 6.45) is 2.27. The smallest absolute Gasteiger partial charge is 0.000000406 e. The van der Waals surface area contributed by atoms with Gasteiger partial charge in [0.15, 0.2) is 0 Å². The van der Waals surface area contributed by atoms with Crippen LogP contribution in [0.15, 0.2) is 24.3 Å². The number of rotatable bonds is 5. The van der Waals surface area contributed by atoms with Gasteiger partial charge in [-0.3, -0.25) is 0 Å². The first-order chi connectivity index (χ1) is 8.66. The van der Waals surface area contributed by atoms with E-state index in [4.69, 9.17) is 0 Å². The van der Waals surface area contributed by atoms with Crippen molar-refractivity contribution in [3.05, 3.63) is 35.4 Å². The second-order valence-corrected chi connectivity index (χ2v) is 8.04. The summed E-state index contributed by atoms with van der Waals surface area (Å²) < 4.78 is 0. The molecule has 0 aliphatic carbocycles. The molecule has 0 amide bonds. The van der Waals surface area contributed by atoms with Gasteiger partial charge in [0.1, 0.15) is 0 Å². The molecule has 1 heteroatoms. The lowest BCUT2D eigenvalue weighted by Crippen LogP contribution is -2.28. The van der Waals surface area contributed by atoms with Crippen LogP contribution in [0.3, 0.4) is 0 Å². The van der Waals surface area contributed by atoms with Crippen molar-refractivity contribution in [2.45, 2.75) is 54.4 Å². The SMILES string of the molecule is CC(C)(C)CNCCc1ccc(CC(C)(C)C)cc1. The molecule has 1 nitrogen and oxygen atoms in total. The fourth-order valence-corrected chi connectivity index (χ4v) is 2.13. The van der Waals surface area contributed by atoms with Crippen LogP contribution in [-0.4, -0.2) is 13.1 Å². The van der Waals surface area contributed by atoms with Crippen molar-refractivity contribution >= 4 is 0 Å². The standard InChI is InChI=1S/C18H31N/c1-17(2,3)13-16-9-7-15(8-10-16)11-12-19-14-18(4,5)6/h7-10,19H,11-14H2,1-6H3. The van der Waals surface area contributed by atoms with Crippen LogP contribution in [0.25, 0.3) is 0 Å². The average molecular weight is 261 g/mol. The Morgan fingerprint density at radius 2 is 1.32 bits per heavy atom. The van der Waals surface area contributed by atoms with Crippen molar-refractivity contribution < 1.29 is 0 Å². The summed E-state index contributed by atoms with van der Waals surface area (Å²) in [6, 6.07) is 9.12. The van der Waals surface area contributed by atoms with Crippen molar-refractivity contribution in [1.29, 1.82) is 0 Å². The molecule has 0 aromatic heterocycles. The molecular formula is C18H31N. The van der Waals surface area contributed by atoms with Crippen LogP contribution in [0.2, 0.25) is 0 Å². The topological polar surface area (TPSA) is 12.0 Å². The Morgan fingerprint density at radius 1 is 0.789 bits per heavy atom. The van der Waals surface area contributed by atoms with E-state index in [-0.39, 0.29) is 0 Å². The number of hydrogen-bond donors (Lipinski definition) is 1. The zero-order valence-electron chi connectivity index (χ0n) is 13.6. The Hall–Kier alpha value is -0.820. The number of nitrogens with one attached hydrogen (secondary N) is 1. The molecule has 0 bridgehead atoms. The lowest BCUT2D eigenvalue weighted by Gasteiger charge is -2.19. The van der Waals surface area contributed by atoms with Crippen molar-refractivity contribution in [2.75, 3.05) is 13.1 Å². The highest BCUT2D eigenvalue weighted by molar-refractivity contribution is 5.23. The summed E-state index contributed by atoms with van der Waals surface area (Å²) in [7, 11) is 0. The maximum atomic E-state index is 3.53. The van der Waals surface area contributed by atoms with E-state index in [9.17, 15) is 0 Å². The summed E-state index contributed by atoms with van der Waals surface area (Å²) in [6.45, 7) is 15.8. The second kappa shape index (κ2) is 6.56. The fourth-order valence-electron chi connectivity index (χ4n) is 2.13. The van der Waals surface area contributed by atoms with Crippen molar-refractivity contribution in [3.63, 3.8) is 0 Å². The molecule has 1 aromatic rings. The Morgan fingerprint density at radius 3 is 1.79 bits per heavy atom. The Labute approximate surface area is 119 Å². The third kappa shape index (κ3) is 8.05. The van der Waals surface area contributed by atoms with E-state index in [1.54, 1.807) is 0 Å². The Balaban J connectivity index is 2.36. The predicted octanol–water partition coefficient (Wildman–Crippen LogP) is 4.45. The molecule has 0 spiro atoms. The van der Waals surface area contributed by atoms with Gasteiger partial charge in [-0.25, -0.2) is 0 Å². The monoisotopic (exact) mass is 261 g/mol. The van der Waals surface area contributed by atoms with Gasteiger partial charge in [-0.15, -0.1) is 0 Å². The van der Waals surface area contributed by atoms with Crippen LogP contribution in [-0.2, 0) is 12.8 Å². The second-order valence-electron chi connectivity index (χ2n) is 8.04. The highest BCUT2D eigenvalue weighted by Crippen LogP contribution is 2.20. The zero-order chi connectivity index (χ0) is 14.5. The third-order valence-corrected chi connectivity index (χ3v) is 3.00. The molecule has 0 heterocycles. The van der Waals surface area contributed by atoms with Crippen LogP contribution in [0.5, 0.6) is 0 Å². The van der Waals surface area contributed by atoms with E-state index in [2.05, 4.69) is 71.1 Å². The van der Waals surface area contributed by atoms with Crippen molar-refractivity contribution in [3.8, 4) is 0 Å². The minimum absolute atomic E-state index is 0.371. The van der Waals surface area contributed by atoms with Gasteiger partial charge in [-0.05, 0) is 41.3 Å². The normalized spacial score (nSPS) is 12.7. The molecule has 0 unspecified atom stereocenters. The quantitative estimate of drug-likeness (QED) is 0.772. The fraction of sp³-hybridized carbons (Fsp3) is 0.667. The summed E-state index contributed by atoms with van der Waals surface area (Å²) in [5.41, 5.74) is 3.62. The van der Waals surface area contributed by atoms with Crippen molar-refractivity contribution in [1.82, 2.24) is 5.32 Å². The highest BCUT2D eigenvalue weighted by atomic mass is 14.9. The van der Waals surface area contributed by atoms with Gasteiger partial charge in [-0.2, -0.15) is 0 Å². The molecule has 19 heavy (non-hydrogen) atoms. The van der Waals surface area contributed by atoms with Gasteiger partial charge < -0.3 is 5.32 Å². The van der Waals surface area contributed by atoms with Gasteiger partial charge in [0.05, 0.1) is 0 Å². The van der Waals surface area contributed by atoms with E-state index in [0.717, 1.165) is 25.9 Å². The molecule has 0 radical (unpaired) electrons. The summed E-state index contributed by atoms with van der Waals surface area (Å²) in [5.74, 6) is 0. The largest absolute Gasteiger partial charge is 0.316 e. The highest BCUT2D eigenvalue weighted by Gasteiger charge is 2.11. The first kappa shape index (κ1) is 16.2. The summed E-state index contributed by atoms with van der Waals surface area (Å²) >= 11 is 0. The minimum Gasteiger partial charge on any atom is -0.316 e. The van der Waals surface area contributed by atoms with Crippen LogP contribution in [0, 0.1) is 10.8 Å². The average Bonchev–Trinajstić information content (AvgIpc) is 2.23. The molecule has 1 aromatic carbocycles. The number of hydrogen-bond acceptors (Lipinski definition) is 1. The van der Waals surface area contributed by atoms with E-state index in [1.807, 2.05) is 0 Å². The molecule has 0 aliphatic rings. The van der Waals surface area contributed by atoms with Crippen molar-refractivity contribution in [2.24, 2.45) is 10.8 Å². The molecule has 0 fully saturated rings. The molecule has 1 N–H and O–H groups in total. The van der Waals surface area contributed by atoms with Crippen LogP contribution < -0.4 is 5.32 Å². The first-order valence-electron chi connectivity index (χ1n) is 7.44. The van der Waals surface area contributed by atoms with Gasteiger partial charge in [0, 0.05) is 6.54 Å². The van der Waals surface area contributed by atoms with E-state index in [0.29, 0.717) is 10.8 Å². The lowest BCUT2D eigenvalue weighted by atomic mass is 9.88. The van der Waals surface area contributed by atoms with Crippen LogP contribution in [0.4, 0.5) is 0 Å². The Kier molecular flexibility index (Phi) is 5.61. The van der Waals surface area contributed by atoms with Gasteiger partial charge >= 0.3 is 0 Å². The van der Waals surface area contributed by atoms with E-state index >= 15 is 0 Å². The van der Waals surface area contributed by atoms with Gasteiger partial charge in [0.2, 0.25) is 0 Å². The zero-order valence-corrected chi connectivity index (χ0v) is 13.6. The maximum Gasteiger partial charge on any atom is 0.000000406 e. The predicted molar refractivity (Wildman–Crippen MR) is 85.6 cm³/mol. The molecular weight excluding hydrogens is 230 g/mol. The van der Waals surface area contributed by atoms with Crippen LogP contribution >= 0.6 is 0 Å². The number of benzene rings is 1. The van der Waals surface area contributed by atoms with Gasteiger partial charge in [0.25, 0.3) is 0 Å². The lowest BCUT2D eigenvalue weighted by molar-refractivity contribution is 0.381. The molecule has 0 aliphatic heterocycles. The van der Waals surface area contributed by atoms with Crippen LogP contribution in [0.1, 0.15) is 52.7 Å². The summed E-state index contributed by atoms with van der Waals surface area (Å²) in [5, 5.41) is 3.53.